The third kappa shape index (κ3) is 4.92. The van der Waals surface area contributed by atoms with Crippen LogP contribution in [-0.2, 0) is 11.3 Å². The number of carbonyl (C=O) groups is 2. The van der Waals surface area contributed by atoms with Crippen LogP contribution in [0, 0.1) is 5.92 Å². The van der Waals surface area contributed by atoms with Crippen molar-refractivity contribution in [2.24, 2.45) is 5.92 Å². The average molecular weight is 521 g/mol. The van der Waals surface area contributed by atoms with Gasteiger partial charge in [-0.3, -0.25) is 9.36 Å². The first-order valence-electron chi connectivity index (χ1n) is 10.9. The molecule has 0 spiro atoms. The van der Waals surface area contributed by atoms with Crippen LogP contribution in [0.4, 0.5) is 4.79 Å². The zero-order valence-corrected chi connectivity index (χ0v) is 19.9. The summed E-state index contributed by atoms with van der Waals surface area (Å²) in [6.07, 6.45) is 2.47. The second-order valence-corrected chi connectivity index (χ2v) is 9.90. The molecule has 3 heterocycles. The summed E-state index contributed by atoms with van der Waals surface area (Å²) in [5.41, 5.74) is 0.648. The molecule has 1 aliphatic carbocycles. The molecule has 0 saturated heterocycles. The van der Waals surface area contributed by atoms with Gasteiger partial charge in [-0.25, -0.2) is 9.78 Å². The van der Waals surface area contributed by atoms with E-state index >= 15 is 0 Å². The van der Waals surface area contributed by atoms with Crippen LogP contribution in [-0.4, -0.2) is 43.9 Å². The first-order valence-corrected chi connectivity index (χ1v) is 12.2. The molecule has 0 amide bonds. The van der Waals surface area contributed by atoms with Crippen molar-refractivity contribution < 1.29 is 38.4 Å². The lowest BCUT2D eigenvalue weighted by molar-refractivity contribution is -0.142. The number of fused-ring (bicyclic) bond motifs is 1. The van der Waals surface area contributed by atoms with E-state index in [4.69, 9.17) is 30.2 Å². The van der Waals surface area contributed by atoms with Crippen LogP contribution in [0.15, 0.2) is 40.0 Å². The van der Waals surface area contributed by atoms with Crippen molar-refractivity contribution in [2.75, 3.05) is 6.79 Å². The predicted molar refractivity (Wildman–Crippen MR) is 124 cm³/mol. The number of furan rings is 1. The van der Waals surface area contributed by atoms with E-state index in [0.29, 0.717) is 64.4 Å². The van der Waals surface area contributed by atoms with Gasteiger partial charge in [-0.15, -0.1) is 0 Å². The largest absolute Gasteiger partial charge is 0.512 e. The molecule has 184 valence electrons. The smallest absolute Gasteiger partial charge is 0.481 e. The summed E-state index contributed by atoms with van der Waals surface area (Å²) < 4.78 is 23.2. The van der Waals surface area contributed by atoms with Crippen molar-refractivity contribution in [2.45, 2.75) is 42.5 Å². The molecule has 2 aromatic heterocycles. The minimum atomic E-state index is -1.48. The summed E-state index contributed by atoms with van der Waals surface area (Å²) >= 11 is 7.87. The van der Waals surface area contributed by atoms with E-state index in [0.717, 1.165) is 0 Å². The maximum absolute atomic E-state index is 11.6. The van der Waals surface area contributed by atoms with E-state index in [1.807, 2.05) is 0 Å². The molecule has 0 radical (unpaired) electrons. The first kappa shape index (κ1) is 23.4. The second-order valence-electron chi connectivity index (χ2n) is 8.20. The third-order valence-corrected chi connectivity index (χ3v) is 7.63. The minimum Gasteiger partial charge on any atom is -0.481 e. The van der Waals surface area contributed by atoms with Gasteiger partial charge in [0.1, 0.15) is 0 Å². The molecule has 1 saturated carbocycles. The fourth-order valence-corrected chi connectivity index (χ4v) is 5.68. The highest BCUT2D eigenvalue weighted by atomic mass is 35.5. The van der Waals surface area contributed by atoms with Crippen molar-refractivity contribution in [1.29, 1.82) is 0 Å². The Morgan fingerprint density at radius 2 is 1.91 bits per heavy atom. The van der Waals surface area contributed by atoms with Crippen LogP contribution in [0.25, 0.3) is 11.6 Å². The Bertz CT molecular complexity index is 1250. The van der Waals surface area contributed by atoms with Gasteiger partial charge in [0, 0.05) is 16.3 Å². The first-order chi connectivity index (χ1) is 16.9. The number of benzene rings is 1. The number of aromatic nitrogens is 2. The number of carboxylic acids is 1. The summed E-state index contributed by atoms with van der Waals surface area (Å²) in [5.74, 6) is 0.781. The molecule has 3 aromatic rings. The van der Waals surface area contributed by atoms with Crippen LogP contribution in [0.3, 0.4) is 0 Å². The topological polar surface area (TPSA) is 133 Å². The number of ether oxygens (including phenoxy) is 3. The van der Waals surface area contributed by atoms with Crippen molar-refractivity contribution in [3.8, 4) is 29.0 Å². The highest BCUT2D eigenvalue weighted by molar-refractivity contribution is 8.00. The zero-order valence-electron chi connectivity index (χ0n) is 18.3. The molecule has 0 bridgehead atoms. The maximum Gasteiger partial charge on any atom is 0.512 e. The number of imidazole rings is 1. The predicted octanol–water partition coefficient (Wildman–Crippen LogP) is 5.37. The summed E-state index contributed by atoms with van der Waals surface area (Å²) in [4.78, 5) is 27.6. The fraction of sp³-hybridized carbons (Fsp3) is 0.348. The van der Waals surface area contributed by atoms with Crippen LogP contribution in [0.2, 0.25) is 5.02 Å². The Balaban J connectivity index is 1.51. The maximum atomic E-state index is 11.6. The lowest BCUT2D eigenvalue weighted by Crippen LogP contribution is -2.22. The van der Waals surface area contributed by atoms with Crippen LogP contribution < -0.4 is 14.2 Å². The van der Waals surface area contributed by atoms with E-state index in [1.165, 1.54) is 18.0 Å². The van der Waals surface area contributed by atoms with Crippen molar-refractivity contribution in [1.82, 2.24) is 9.55 Å². The Kier molecular flexibility index (Phi) is 6.52. The van der Waals surface area contributed by atoms with Gasteiger partial charge in [0.15, 0.2) is 28.1 Å². The summed E-state index contributed by atoms with van der Waals surface area (Å²) in [5, 5.41) is 19.6. The number of aliphatic carboxylic acids is 1. The number of nitrogens with zero attached hydrogens (tertiary/aromatic N) is 2. The Labute approximate surface area is 208 Å². The van der Waals surface area contributed by atoms with Crippen molar-refractivity contribution >= 4 is 35.5 Å². The molecule has 10 nitrogen and oxygen atoms in total. The summed E-state index contributed by atoms with van der Waals surface area (Å²) in [6, 6.07) is 6.81. The average Bonchev–Trinajstić information content (AvgIpc) is 3.56. The number of thioether (sulfide) groups is 1. The van der Waals surface area contributed by atoms with Gasteiger partial charge >= 0.3 is 12.1 Å². The monoisotopic (exact) mass is 520 g/mol. The molecule has 0 atom stereocenters. The lowest BCUT2D eigenvalue weighted by Gasteiger charge is -2.25. The Morgan fingerprint density at radius 1 is 1.17 bits per heavy atom. The van der Waals surface area contributed by atoms with E-state index in [-0.39, 0.29) is 30.4 Å². The van der Waals surface area contributed by atoms with Gasteiger partial charge in [-0.05, 0) is 49.4 Å². The Hall–Kier alpha value is -3.31. The van der Waals surface area contributed by atoms with Gasteiger partial charge in [0.2, 0.25) is 12.7 Å². The molecule has 35 heavy (non-hydrogen) atoms. The van der Waals surface area contributed by atoms with E-state index in [9.17, 15) is 19.8 Å². The molecule has 2 N–H and O–H groups in total. The van der Waals surface area contributed by atoms with Crippen LogP contribution in [0.1, 0.15) is 31.2 Å². The fourth-order valence-electron chi connectivity index (χ4n) is 4.25. The summed E-state index contributed by atoms with van der Waals surface area (Å²) in [6.45, 7) is 0.226. The van der Waals surface area contributed by atoms with Crippen molar-refractivity contribution in [3.05, 3.63) is 41.1 Å². The summed E-state index contributed by atoms with van der Waals surface area (Å²) in [7, 11) is 0. The molecule has 1 aromatic carbocycles. The van der Waals surface area contributed by atoms with Crippen LogP contribution in [0.5, 0.6) is 17.4 Å². The minimum absolute atomic E-state index is 0.0444. The number of halogens is 1. The molecule has 12 heteroatoms. The highest BCUT2D eigenvalue weighted by Crippen LogP contribution is 2.43. The van der Waals surface area contributed by atoms with E-state index in [1.54, 1.807) is 28.8 Å². The Morgan fingerprint density at radius 3 is 2.57 bits per heavy atom. The molecule has 0 unspecified atom stereocenters. The van der Waals surface area contributed by atoms with Crippen LogP contribution >= 0.6 is 23.4 Å². The quantitative estimate of drug-likeness (QED) is 0.392. The molecular weight excluding hydrogens is 500 g/mol. The molecular formula is C23H21ClN2O8S. The molecule has 2 aliphatic rings. The van der Waals surface area contributed by atoms with Gasteiger partial charge in [-0.2, -0.15) is 0 Å². The molecule has 5 rings (SSSR count). The number of carboxylic acid groups (broad SMARTS) is 2. The number of rotatable bonds is 7. The highest BCUT2D eigenvalue weighted by Gasteiger charge is 2.31. The van der Waals surface area contributed by atoms with Gasteiger partial charge < -0.3 is 28.8 Å². The van der Waals surface area contributed by atoms with Gasteiger partial charge in [0.25, 0.3) is 0 Å². The SMILES string of the molecule is O=C(O)Oc1c(SC2CCC(C(=O)O)CC2)nc(-c2ccco2)n1Cc1cc2c(cc1Cl)OCO2. The van der Waals surface area contributed by atoms with Gasteiger partial charge in [0.05, 0.1) is 18.7 Å². The van der Waals surface area contributed by atoms with Gasteiger partial charge in [-0.1, -0.05) is 23.4 Å². The third-order valence-electron chi connectivity index (χ3n) is 5.99. The van der Waals surface area contributed by atoms with Crippen molar-refractivity contribution in [3.63, 3.8) is 0 Å². The van der Waals surface area contributed by atoms with E-state index < -0.39 is 12.1 Å². The number of hydrogen-bond donors (Lipinski definition) is 2. The second kappa shape index (κ2) is 9.74. The number of hydrogen-bond acceptors (Lipinski definition) is 8. The molecule has 1 fully saturated rings. The zero-order chi connectivity index (χ0) is 24.5. The van der Waals surface area contributed by atoms with E-state index in [2.05, 4.69) is 4.98 Å². The standard InChI is InChI=1S/C23H21ClN2O8S/c24-15-9-18-17(32-11-33-18)8-13(15)10-26-19(16-2-1-7-31-16)25-20(21(26)34-23(29)30)35-14-5-3-12(4-6-14)22(27)28/h1-2,7-9,12,14H,3-6,10-11H2,(H,27,28)(H,29,30). The normalized spacial score (nSPS) is 19.0. The molecule has 1 aliphatic heterocycles. The lowest BCUT2D eigenvalue weighted by atomic mass is 9.89.